The van der Waals surface area contributed by atoms with Gasteiger partial charge in [0.1, 0.15) is 11.1 Å². The van der Waals surface area contributed by atoms with E-state index < -0.39 is 0 Å². The number of thiazole rings is 1. The predicted molar refractivity (Wildman–Crippen MR) is 73.5 cm³/mol. The van der Waals surface area contributed by atoms with Crippen molar-refractivity contribution in [1.82, 2.24) is 20.2 Å². The molecule has 1 aliphatic rings. The van der Waals surface area contributed by atoms with E-state index in [0.29, 0.717) is 17.2 Å². The van der Waals surface area contributed by atoms with Crippen molar-refractivity contribution >= 4 is 23.6 Å². The summed E-state index contributed by atoms with van der Waals surface area (Å²) in [6.45, 7) is 1.26. The monoisotopic (exact) mass is 298 g/mol. The first-order valence-electron chi connectivity index (χ1n) is 6.03. The number of nitrogens with zero attached hydrogens (tertiary/aromatic N) is 2. The van der Waals surface area contributed by atoms with Crippen molar-refractivity contribution < 1.29 is 9.47 Å². The molecule has 0 amide bonds. The average molecular weight is 298 g/mol. The van der Waals surface area contributed by atoms with E-state index in [4.69, 9.17) is 21.7 Å². The van der Waals surface area contributed by atoms with Crippen LogP contribution in [0.5, 0.6) is 0 Å². The Morgan fingerprint density at radius 1 is 1.47 bits per heavy atom. The van der Waals surface area contributed by atoms with Crippen molar-refractivity contribution in [2.24, 2.45) is 0 Å². The van der Waals surface area contributed by atoms with Crippen molar-refractivity contribution in [3.8, 4) is 10.7 Å². The van der Waals surface area contributed by atoms with Gasteiger partial charge in [-0.15, -0.1) is 11.3 Å². The minimum absolute atomic E-state index is 0.108. The molecule has 0 aromatic carbocycles. The average Bonchev–Trinajstić information content (AvgIpc) is 3.08. The maximum atomic E-state index is 5.67. The Morgan fingerprint density at radius 2 is 2.37 bits per heavy atom. The zero-order valence-corrected chi connectivity index (χ0v) is 12.1. The summed E-state index contributed by atoms with van der Waals surface area (Å²) in [5.41, 5.74) is 0.871. The van der Waals surface area contributed by atoms with Gasteiger partial charge in [-0.2, -0.15) is 4.98 Å². The first kappa shape index (κ1) is 12.9. The topological polar surface area (TPSA) is 75.8 Å². The molecule has 0 aliphatic carbocycles. The molecular weight excluding hydrogens is 284 g/mol. The molecule has 8 heteroatoms. The molecular formula is C11H14N4O2S2. The van der Waals surface area contributed by atoms with Crippen LogP contribution in [0.4, 0.5) is 0 Å². The van der Waals surface area contributed by atoms with E-state index in [-0.39, 0.29) is 6.10 Å². The number of aromatic nitrogens is 4. The number of hydrogen-bond donors (Lipinski definition) is 2. The Morgan fingerprint density at radius 3 is 3.00 bits per heavy atom. The molecule has 0 saturated carbocycles. The van der Waals surface area contributed by atoms with Crippen molar-refractivity contribution in [2.45, 2.75) is 25.6 Å². The molecule has 19 heavy (non-hydrogen) atoms. The quantitative estimate of drug-likeness (QED) is 0.849. The lowest BCUT2D eigenvalue weighted by atomic mass is 10.2. The highest BCUT2D eigenvalue weighted by Gasteiger charge is 2.24. The highest BCUT2D eigenvalue weighted by Crippen LogP contribution is 2.36. The van der Waals surface area contributed by atoms with Crippen LogP contribution in [-0.4, -0.2) is 33.9 Å². The third-order valence-electron chi connectivity index (χ3n) is 2.92. The van der Waals surface area contributed by atoms with Gasteiger partial charge in [0.15, 0.2) is 5.82 Å². The fourth-order valence-corrected chi connectivity index (χ4v) is 3.32. The number of H-pyrrole nitrogens is 2. The molecule has 0 radical (unpaired) electrons. The lowest BCUT2D eigenvalue weighted by Gasteiger charge is -2.03. The number of hydrogen-bond acceptors (Lipinski definition) is 6. The highest BCUT2D eigenvalue weighted by molar-refractivity contribution is 7.71. The van der Waals surface area contributed by atoms with Crippen molar-refractivity contribution in [3.63, 3.8) is 0 Å². The number of ether oxygens (including phenoxy) is 2. The van der Waals surface area contributed by atoms with Gasteiger partial charge < -0.3 is 9.47 Å². The van der Waals surface area contributed by atoms with E-state index in [1.165, 1.54) is 0 Å². The molecule has 1 atom stereocenters. The Labute approximate surface area is 119 Å². The summed E-state index contributed by atoms with van der Waals surface area (Å²) in [5.74, 6) is 0.707. The van der Waals surface area contributed by atoms with Gasteiger partial charge in [-0.1, -0.05) is 0 Å². The van der Waals surface area contributed by atoms with Gasteiger partial charge >= 0.3 is 0 Å². The van der Waals surface area contributed by atoms with Gasteiger partial charge in [-0.25, -0.2) is 4.98 Å². The standard InChI is InChI=1S/C11H14N4O2S2/c1-16-5-6-8(9-13-11(18)15-14-9)19-10(12-6)7-3-2-4-17-7/h7H,2-5H2,1H3,(H2,13,14,15,18). The van der Waals surface area contributed by atoms with Crippen LogP contribution >= 0.6 is 23.6 Å². The number of methoxy groups -OCH3 is 1. The van der Waals surface area contributed by atoms with E-state index in [2.05, 4.69) is 20.2 Å². The minimum atomic E-state index is 0.108. The smallest absolute Gasteiger partial charge is 0.213 e. The lowest BCUT2D eigenvalue weighted by Crippen LogP contribution is -1.96. The Balaban J connectivity index is 1.98. The molecule has 102 valence electrons. The third-order valence-corrected chi connectivity index (χ3v) is 4.31. The molecule has 1 aliphatic heterocycles. The molecule has 1 fully saturated rings. The van der Waals surface area contributed by atoms with E-state index in [0.717, 1.165) is 35.0 Å². The summed E-state index contributed by atoms with van der Waals surface area (Å²) in [6.07, 6.45) is 2.22. The van der Waals surface area contributed by atoms with Gasteiger partial charge in [0, 0.05) is 13.7 Å². The maximum absolute atomic E-state index is 5.67. The van der Waals surface area contributed by atoms with Gasteiger partial charge in [0.05, 0.1) is 17.2 Å². The minimum Gasteiger partial charge on any atom is -0.378 e. The normalized spacial score (nSPS) is 19.1. The molecule has 2 N–H and O–H groups in total. The van der Waals surface area contributed by atoms with Gasteiger partial charge in [0.2, 0.25) is 4.77 Å². The molecule has 1 saturated heterocycles. The van der Waals surface area contributed by atoms with Crippen LogP contribution in [0.1, 0.15) is 29.6 Å². The van der Waals surface area contributed by atoms with Crippen LogP contribution in [0.15, 0.2) is 0 Å². The van der Waals surface area contributed by atoms with Gasteiger partial charge in [-0.05, 0) is 25.1 Å². The molecule has 0 spiro atoms. The fraction of sp³-hybridized carbons (Fsp3) is 0.545. The summed E-state index contributed by atoms with van der Waals surface area (Å²) in [5, 5.41) is 6.75. The Hall–Kier alpha value is -1.09. The maximum Gasteiger partial charge on any atom is 0.213 e. The molecule has 3 heterocycles. The van der Waals surface area contributed by atoms with Crippen LogP contribution in [0.3, 0.4) is 0 Å². The second-order valence-electron chi connectivity index (χ2n) is 4.28. The first-order chi connectivity index (χ1) is 9.28. The van der Waals surface area contributed by atoms with E-state index >= 15 is 0 Å². The summed E-state index contributed by atoms with van der Waals surface area (Å²) in [4.78, 5) is 9.83. The van der Waals surface area contributed by atoms with Crippen LogP contribution in [0.2, 0.25) is 0 Å². The SMILES string of the molecule is COCc1nc(C2CCCO2)sc1-c1nc(=S)[nH][nH]1. The number of nitrogens with one attached hydrogen (secondary N) is 2. The van der Waals surface area contributed by atoms with Crippen LogP contribution in [0.25, 0.3) is 10.7 Å². The molecule has 3 rings (SSSR count). The number of aromatic amines is 2. The van der Waals surface area contributed by atoms with E-state index in [9.17, 15) is 0 Å². The van der Waals surface area contributed by atoms with E-state index in [1.807, 2.05) is 0 Å². The third kappa shape index (κ3) is 2.62. The first-order valence-corrected chi connectivity index (χ1v) is 7.25. The second kappa shape index (κ2) is 5.49. The van der Waals surface area contributed by atoms with Crippen molar-refractivity contribution in [3.05, 3.63) is 15.5 Å². The number of rotatable bonds is 4. The summed E-state index contributed by atoms with van der Waals surface area (Å²) < 4.78 is 11.3. The Bertz CT molecular complexity index is 612. The molecule has 2 aromatic rings. The lowest BCUT2D eigenvalue weighted by molar-refractivity contribution is 0.111. The fourth-order valence-electron chi connectivity index (χ4n) is 2.08. The summed E-state index contributed by atoms with van der Waals surface area (Å²) in [7, 11) is 1.65. The Kier molecular flexibility index (Phi) is 3.74. The van der Waals surface area contributed by atoms with Crippen LogP contribution < -0.4 is 0 Å². The molecule has 2 aromatic heterocycles. The molecule has 0 bridgehead atoms. The molecule has 6 nitrogen and oxygen atoms in total. The van der Waals surface area contributed by atoms with Crippen LogP contribution in [0, 0.1) is 4.77 Å². The van der Waals surface area contributed by atoms with Gasteiger partial charge in [-0.3, -0.25) is 10.2 Å². The van der Waals surface area contributed by atoms with Gasteiger partial charge in [0.25, 0.3) is 0 Å². The molecule has 1 unspecified atom stereocenters. The zero-order valence-electron chi connectivity index (χ0n) is 10.4. The van der Waals surface area contributed by atoms with Crippen LogP contribution in [-0.2, 0) is 16.1 Å². The second-order valence-corrected chi connectivity index (χ2v) is 5.70. The largest absolute Gasteiger partial charge is 0.378 e. The van der Waals surface area contributed by atoms with Crippen molar-refractivity contribution in [2.75, 3.05) is 13.7 Å². The highest BCUT2D eigenvalue weighted by atomic mass is 32.1. The van der Waals surface area contributed by atoms with E-state index in [1.54, 1.807) is 18.4 Å². The zero-order chi connectivity index (χ0) is 13.2. The summed E-state index contributed by atoms with van der Waals surface area (Å²) >= 11 is 6.57. The predicted octanol–water partition coefficient (Wildman–Crippen LogP) is 2.59. The van der Waals surface area contributed by atoms with Crippen molar-refractivity contribution in [1.29, 1.82) is 0 Å². The summed E-state index contributed by atoms with van der Waals surface area (Å²) in [6, 6.07) is 0.